The van der Waals surface area contributed by atoms with E-state index in [1.165, 1.54) is 30.4 Å². The number of hydrogen-bond acceptors (Lipinski definition) is 1. The Labute approximate surface area is 95.6 Å². The summed E-state index contributed by atoms with van der Waals surface area (Å²) >= 11 is 5.98. The van der Waals surface area contributed by atoms with Gasteiger partial charge in [-0.2, -0.15) is 0 Å². The molecule has 0 aromatic heterocycles. The number of nitrogens with two attached hydrogens (primary N) is 1. The molecule has 3 aliphatic carbocycles. The second kappa shape index (κ2) is 2.78. The third-order valence-electron chi connectivity index (χ3n) is 4.33. The Morgan fingerprint density at radius 2 is 2.00 bits per heavy atom. The molecule has 0 amide bonds. The van der Waals surface area contributed by atoms with Crippen LogP contribution in [0.2, 0.25) is 5.02 Å². The molecule has 0 unspecified atom stereocenters. The molecule has 0 heterocycles. The van der Waals surface area contributed by atoms with Crippen LogP contribution >= 0.6 is 11.6 Å². The topological polar surface area (TPSA) is 26.0 Å². The Hall–Kier alpha value is -0.530. The molecule has 1 aromatic rings. The monoisotopic (exact) mass is 221 g/mol. The van der Waals surface area contributed by atoms with Gasteiger partial charge in [-0.1, -0.05) is 17.7 Å². The van der Waals surface area contributed by atoms with Crippen molar-refractivity contribution >= 4 is 11.6 Å². The fourth-order valence-corrected chi connectivity index (χ4v) is 3.95. The van der Waals surface area contributed by atoms with E-state index in [0.717, 1.165) is 11.6 Å². The molecule has 15 heavy (non-hydrogen) atoms. The largest absolute Gasteiger partial charge is 0.330 e. The molecule has 4 rings (SSSR count). The van der Waals surface area contributed by atoms with Crippen LogP contribution in [0.1, 0.15) is 30.4 Å². The van der Waals surface area contributed by atoms with Crippen LogP contribution in [0.4, 0.5) is 0 Å². The molecule has 2 N–H and O–H groups in total. The van der Waals surface area contributed by atoms with Gasteiger partial charge in [-0.3, -0.25) is 0 Å². The van der Waals surface area contributed by atoms with Crippen LogP contribution in [0.25, 0.3) is 0 Å². The number of rotatable bonds is 2. The third kappa shape index (κ3) is 1.14. The normalized spacial score (nSPS) is 37.0. The molecular formula is C13H16ClN. The van der Waals surface area contributed by atoms with Crippen LogP contribution in [0.15, 0.2) is 18.2 Å². The van der Waals surface area contributed by atoms with E-state index in [1.54, 1.807) is 0 Å². The molecule has 0 spiro atoms. The standard InChI is InChI=1S/C13H16ClN/c1-9-4-10(14)2-3-11(9)13-5-12(6-13,7-13)8-15/h2-4H,5-8,15H2,1H3. The summed E-state index contributed by atoms with van der Waals surface area (Å²) in [6.07, 6.45) is 3.87. The van der Waals surface area contributed by atoms with Gasteiger partial charge in [0.1, 0.15) is 0 Å². The maximum absolute atomic E-state index is 5.98. The highest BCUT2D eigenvalue weighted by Crippen LogP contribution is 2.73. The van der Waals surface area contributed by atoms with Crippen molar-refractivity contribution in [2.24, 2.45) is 11.1 Å². The van der Waals surface area contributed by atoms with E-state index in [2.05, 4.69) is 19.1 Å². The van der Waals surface area contributed by atoms with Crippen molar-refractivity contribution in [3.8, 4) is 0 Å². The van der Waals surface area contributed by atoms with Crippen molar-refractivity contribution in [1.29, 1.82) is 0 Å². The lowest BCUT2D eigenvalue weighted by molar-refractivity contribution is -0.133. The highest BCUT2D eigenvalue weighted by molar-refractivity contribution is 6.30. The van der Waals surface area contributed by atoms with Crippen LogP contribution in [-0.2, 0) is 5.41 Å². The molecule has 3 fully saturated rings. The van der Waals surface area contributed by atoms with E-state index < -0.39 is 0 Å². The van der Waals surface area contributed by atoms with E-state index in [1.807, 2.05) is 6.07 Å². The van der Waals surface area contributed by atoms with E-state index in [9.17, 15) is 0 Å². The molecule has 3 saturated carbocycles. The lowest BCUT2D eigenvalue weighted by Crippen LogP contribution is -2.67. The van der Waals surface area contributed by atoms with Crippen molar-refractivity contribution in [2.45, 2.75) is 31.6 Å². The zero-order chi connectivity index (χ0) is 10.7. The summed E-state index contributed by atoms with van der Waals surface area (Å²) in [5.41, 5.74) is 9.60. The molecule has 3 aliphatic rings. The first-order chi connectivity index (χ1) is 7.09. The Bertz CT molecular complexity index is 405. The predicted molar refractivity (Wildman–Crippen MR) is 63.2 cm³/mol. The first-order valence-corrected chi connectivity index (χ1v) is 5.94. The van der Waals surface area contributed by atoms with Crippen LogP contribution in [0.3, 0.4) is 0 Å². The average molecular weight is 222 g/mol. The minimum atomic E-state index is 0.466. The number of aryl methyl sites for hydroxylation is 1. The number of halogens is 1. The highest BCUT2D eigenvalue weighted by Gasteiger charge is 2.67. The summed E-state index contributed by atoms with van der Waals surface area (Å²) in [6, 6.07) is 6.29. The zero-order valence-electron chi connectivity index (χ0n) is 9.02. The van der Waals surface area contributed by atoms with E-state index >= 15 is 0 Å². The Balaban J connectivity index is 1.91. The predicted octanol–water partition coefficient (Wildman–Crippen LogP) is 3.03. The lowest BCUT2D eigenvalue weighted by Gasteiger charge is -2.71. The molecular weight excluding hydrogens is 206 g/mol. The minimum Gasteiger partial charge on any atom is -0.330 e. The van der Waals surface area contributed by atoms with Gasteiger partial charge in [0, 0.05) is 5.02 Å². The summed E-state index contributed by atoms with van der Waals surface area (Å²) in [4.78, 5) is 0. The van der Waals surface area contributed by atoms with Crippen molar-refractivity contribution in [2.75, 3.05) is 6.54 Å². The second-order valence-electron chi connectivity index (χ2n) is 5.47. The van der Waals surface area contributed by atoms with E-state index in [4.69, 9.17) is 17.3 Å². The Kier molecular flexibility index (Phi) is 1.79. The fourth-order valence-electron chi connectivity index (χ4n) is 3.72. The van der Waals surface area contributed by atoms with Gasteiger partial charge in [0.05, 0.1) is 0 Å². The van der Waals surface area contributed by atoms with Crippen molar-refractivity contribution < 1.29 is 0 Å². The molecule has 0 radical (unpaired) electrons. The van der Waals surface area contributed by atoms with Crippen LogP contribution in [0.5, 0.6) is 0 Å². The van der Waals surface area contributed by atoms with Gasteiger partial charge in [-0.15, -0.1) is 0 Å². The SMILES string of the molecule is Cc1cc(Cl)ccc1C12CC(CN)(C1)C2. The van der Waals surface area contributed by atoms with Gasteiger partial charge in [0.2, 0.25) is 0 Å². The van der Waals surface area contributed by atoms with Gasteiger partial charge in [-0.05, 0) is 66.8 Å². The molecule has 1 aromatic carbocycles. The molecule has 80 valence electrons. The smallest absolute Gasteiger partial charge is 0.0408 e. The summed E-state index contributed by atoms with van der Waals surface area (Å²) in [7, 11) is 0. The average Bonchev–Trinajstić information content (AvgIpc) is 2.04. The van der Waals surface area contributed by atoms with Crippen molar-refractivity contribution in [1.82, 2.24) is 0 Å². The zero-order valence-corrected chi connectivity index (χ0v) is 9.77. The Morgan fingerprint density at radius 3 is 2.53 bits per heavy atom. The molecule has 0 aliphatic heterocycles. The van der Waals surface area contributed by atoms with Gasteiger partial charge in [0.15, 0.2) is 0 Å². The third-order valence-corrected chi connectivity index (χ3v) is 4.57. The molecule has 2 heteroatoms. The van der Waals surface area contributed by atoms with E-state index in [0.29, 0.717) is 10.8 Å². The van der Waals surface area contributed by atoms with Crippen molar-refractivity contribution in [3.05, 3.63) is 34.3 Å². The maximum Gasteiger partial charge on any atom is 0.0408 e. The summed E-state index contributed by atoms with van der Waals surface area (Å²) in [5, 5.41) is 0.844. The quantitative estimate of drug-likeness (QED) is 0.817. The minimum absolute atomic E-state index is 0.466. The number of benzene rings is 1. The van der Waals surface area contributed by atoms with Crippen molar-refractivity contribution in [3.63, 3.8) is 0 Å². The van der Waals surface area contributed by atoms with Crippen LogP contribution in [-0.4, -0.2) is 6.54 Å². The second-order valence-corrected chi connectivity index (χ2v) is 5.91. The lowest BCUT2D eigenvalue weighted by atomic mass is 9.33. The first-order valence-electron chi connectivity index (χ1n) is 5.56. The number of hydrogen-bond donors (Lipinski definition) is 1. The molecule has 1 nitrogen and oxygen atoms in total. The van der Waals surface area contributed by atoms with E-state index in [-0.39, 0.29) is 0 Å². The van der Waals surface area contributed by atoms with Gasteiger partial charge >= 0.3 is 0 Å². The van der Waals surface area contributed by atoms with Crippen LogP contribution < -0.4 is 5.73 Å². The fraction of sp³-hybridized carbons (Fsp3) is 0.538. The van der Waals surface area contributed by atoms with Crippen LogP contribution in [0, 0.1) is 12.3 Å². The molecule has 0 saturated heterocycles. The van der Waals surface area contributed by atoms with Gasteiger partial charge in [0.25, 0.3) is 0 Å². The maximum atomic E-state index is 5.98. The van der Waals surface area contributed by atoms with Gasteiger partial charge in [-0.25, -0.2) is 0 Å². The summed E-state index contributed by atoms with van der Waals surface area (Å²) in [5.74, 6) is 0. The van der Waals surface area contributed by atoms with Gasteiger partial charge < -0.3 is 5.73 Å². The summed E-state index contributed by atoms with van der Waals surface area (Å²) in [6.45, 7) is 3.03. The summed E-state index contributed by atoms with van der Waals surface area (Å²) < 4.78 is 0. The first kappa shape index (κ1) is 9.68. The molecule has 2 bridgehead atoms. The Morgan fingerprint density at radius 1 is 1.33 bits per heavy atom. The highest BCUT2D eigenvalue weighted by atomic mass is 35.5. The molecule has 0 atom stereocenters.